The zero-order valence-corrected chi connectivity index (χ0v) is 17.7. The zero-order chi connectivity index (χ0) is 22.5. The molecule has 0 unspecified atom stereocenters. The van der Waals surface area contributed by atoms with Crippen molar-refractivity contribution in [1.29, 1.82) is 0 Å². The van der Waals surface area contributed by atoms with Crippen LogP contribution in [0.25, 0.3) is 16.9 Å². The van der Waals surface area contributed by atoms with Crippen LogP contribution in [0, 0.1) is 0 Å². The van der Waals surface area contributed by atoms with Crippen molar-refractivity contribution in [2.45, 2.75) is 0 Å². The highest BCUT2D eigenvalue weighted by molar-refractivity contribution is 6.08. The number of hydrogen-bond acceptors (Lipinski definition) is 4. The van der Waals surface area contributed by atoms with Crippen LogP contribution in [0.3, 0.4) is 0 Å². The summed E-state index contributed by atoms with van der Waals surface area (Å²) in [6, 6.07) is 23.7. The molecule has 0 fully saturated rings. The highest BCUT2D eigenvalue weighted by Gasteiger charge is 2.19. The summed E-state index contributed by atoms with van der Waals surface area (Å²) in [5.41, 5.74) is 3.64. The molecule has 1 heterocycles. The predicted molar refractivity (Wildman–Crippen MR) is 123 cm³/mol. The van der Waals surface area contributed by atoms with Crippen molar-refractivity contribution in [3.63, 3.8) is 0 Å². The second kappa shape index (κ2) is 9.18. The lowest BCUT2D eigenvalue weighted by molar-refractivity contribution is 0.0962. The average molecular weight is 426 g/mol. The van der Waals surface area contributed by atoms with Gasteiger partial charge in [-0.2, -0.15) is 5.10 Å². The molecule has 2 amide bonds. The summed E-state index contributed by atoms with van der Waals surface area (Å²) in [4.78, 5) is 24.9. The van der Waals surface area contributed by atoms with Gasteiger partial charge in [0, 0.05) is 30.1 Å². The first-order valence-corrected chi connectivity index (χ1v) is 10.0. The fourth-order valence-corrected chi connectivity index (χ4v) is 3.28. The van der Waals surface area contributed by atoms with Crippen molar-refractivity contribution >= 4 is 17.5 Å². The Balaban J connectivity index is 1.70. The van der Waals surface area contributed by atoms with Crippen LogP contribution >= 0.6 is 0 Å². The van der Waals surface area contributed by atoms with Gasteiger partial charge in [-0.1, -0.05) is 30.3 Å². The van der Waals surface area contributed by atoms with Gasteiger partial charge in [0.15, 0.2) is 0 Å². The highest BCUT2D eigenvalue weighted by Crippen LogP contribution is 2.27. The molecule has 0 radical (unpaired) electrons. The van der Waals surface area contributed by atoms with Gasteiger partial charge in [-0.15, -0.1) is 0 Å². The van der Waals surface area contributed by atoms with Crippen molar-refractivity contribution < 1.29 is 14.3 Å². The van der Waals surface area contributed by atoms with Gasteiger partial charge in [-0.05, 0) is 48.5 Å². The Hall–Kier alpha value is -4.39. The normalized spacial score (nSPS) is 10.4. The molecular formula is C25H22N4O3. The number of nitrogens with one attached hydrogen (secondary N) is 2. The van der Waals surface area contributed by atoms with Crippen LogP contribution in [0.2, 0.25) is 0 Å². The second-order valence-corrected chi connectivity index (χ2v) is 7.01. The number of amides is 2. The van der Waals surface area contributed by atoms with Gasteiger partial charge in [0.1, 0.15) is 11.4 Å². The number of hydrogen-bond donors (Lipinski definition) is 2. The monoisotopic (exact) mass is 426 g/mol. The number of carbonyl (C=O) groups excluding carboxylic acids is 2. The van der Waals surface area contributed by atoms with Crippen LogP contribution in [0.1, 0.15) is 20.7 Å². The average Bonchev–Trinajstić information content (AvgIpc) is 3.30. The number of anilines is 1. The second-order valence-electron chi connectivity index (χ2n) is 7.01. The fourth-order valence-electron chi connectivity index (χ4n) is 3.28. The van der Waals surface area contributed by atoms with Crippen molar-refractivity contribution in [2.24, 2.45) is 0 Å². The lowest BCUT2D eigenvalue weighted by Crippen LogP contribution is -2.18. The maximum absolute atomic E-state index is 13.2. The van der Waals surface area contributed by atoms with Gasteiger partial charge in [-0.25, -0.2) is 4.68 Å². The maximum atomic E-state index is 13.2. The molecule has 0 aliphatic heterocycles. The zero-order valence-electron chi connectivity index (χ0n) is 17.7. The minimum absolute atomic E-state index is 0.188. The Morgan fingerprint density at radius 1 is 0.906 bits per heavy atom. The Morgan fingerprint density at radius 2 is 1.66 bits per heavy atom. The summed E-state index contributed by atoms with van der Waals surface area (Å²) >= 11 is 0. The van der Waals surface area contributed by atoms with Crippen molar-refractivity contribution in [1.82, 2.24) is 15.1 Å². The molecule has 4 aromatic rings. The minimum atomic E-state index is -0.308. The summed E-state index contributed by atoms with van der Waals surface area (Å²) in [5, 5.41) is 10.1. The first-order valence-electron chi connectivity index (χ1n) is 10.0. The highest BCUT2D eigenvalue weighted by atomic mass is 16.5. The molecule has 2 N–H and O–H groups in total. The number of ether oxygens (including phenoxy) is 1. The standard InChI is InChI=1S/C25H22N4O3/c1-26-24(30)17-11-13-19(14-12-17)27-25(31)22-16-29(20-8-4-3-5-9-20)28-23(22)18-7-6-10-21(15-18)32-2/h3-16H,1-2H3,(H,26,30)(H,27,31). The lowest BCUT2D eigenvalue weighted by Gasteiger charge is -2.07. The van der Waals surface area contributed by atoms with Gasteiger partial charge in [0.25, 0.3) is 11.8 Å². The summed E-state index contributed by atoms with van der Waals surface area (Å²) in [7, 11) is 3.17. The third-order valence-corrected chi connectivity index (χ3v) is 4.95. The first-order chi connectivity index (χ1) is 15.6. The maximum Gasteiger partial charge on any atom is 0.259 e. The first kappa shape index (κ1) is 20.9. The van der Waals surface area contributed by atoms with E-state index in [4.69, 9.17) is 4.74 Å². The Morgan fingerprint density at radius 3 is 2.34 bits per heavy atom. The van der Waals surface area contributed by atoms with Crippen LogP contribution in [-0.4, -0.2) is 35.8 Å². The SMILES string of the molecule is CNC(=O)c1ccc(NC(=O)c2cn(-c3ccccc3)nc2-c2cccc(OC)c2)cc1. The summed E-state index contributed by atoms with van der Waals surface area (Å²) in [5.74, 6) is 0.179. The van der Waals surface area contributed by atoms with E-state index in [2.05, 4.69) is 15.7 Å². The number of methoxy groups -OCH3 is 1. The molecule has 160 valence electrons. The van der Waals surface area contributed by atoms with E-state index in [1.54, 1.807) is 49.3 Å². The Kier molecular flexibility index (Phi) is 5.98. The number of benzene rings is 3. The third kappa shape index (κ3) is 4.37. The Bertz CT molecular complexity index is 1250. The molecule has 4 rings (SSSR count). The number of para-hydroxylation sites is 1. The minimum Gasteiger partial charge on any atom is -0.497 e. The van der Waals surface area contributed by atoms with E-state index in [1.807, 2.05) is 54.6 Å². The summed E-state index contributed by atoms with van der Waals surface area (Å²) in [6.07, 6.45) is 1.71. The fraction of sp³-hybridized carbons (Fsp3) is 0.0800. The van der Waals surface area contributed by atoms with E-state index in [0.29, 0.717) is 28.3 Å². The molecule has 3 aromatic carbocycles. The lowest BCUT2D eigenvalue weighted by atomic mass is 10.1. The van der Waals surface area contributed by atoms with Crippen molar-refractivity contribution in [3.8, 4) is 22.7 Å². The van der Waals surface area contributed by atoms with E-state index < -0.39 is 0 Å². The number of nitrogens with zero attached hydrogens (tertiary/aromatic N) is 2. The van der Waals surface area contributed by atoms with E-state index in [1.165, 1.54) is 0 Å². The van der Waals surface area contributed by atoms with Crippen LogP contribution < -0.4 is 15.4 Å². The summed E-state index contributed by atoms with van der Waals surface area (Å²) < 4.78 is 7.01. The topological polar surface area (TPSA) is 85.3 Å². The molecule has 0 saturated carbocycles. The number of carbonyl (C=O) groups is 2. The van der Waals surface area contributed by atoms with Gasteiger partial charge in [0.05, 0.1) is 18.4 Å². The van der Waals surface area contributed by atoms with Crippen LogP contribution in [0.15, 0.2) is 85.1 Å². The van der Waals surface area contributed by atoms with Crippen LogP contribution in [0.4, 0.5) is 5.69 Å². The number of aromatic nitrogens is 2. The molecule has 0 saturated heterocycles. The molecule has 0 aliphatic rings. The molecule has 0 aliphatic carbocycles. The van der Waals surface area contributed by atoms with Crippen molar-refractivity contribution in [3.05, 3.63) is 96.2 Å². The quantitative estimate of drug-likeness (QED) is 0.485. The van der Waals surface area contributed by atoms with Crippen molar-refractivity contribution in [2.75, 3.05) is 19.5 Å². The molecule has 7 heteroatoms. The van der Waals surface area contributed by atoms with E-state index in [9.17, 15) is 9.59 Å². The number of rotatable bonds is 6. The molecule has 0 atom stereocenters. The van der Waals surface area contributed by atoms with Gasteiger partial charge >= 0.3 is 0 Å². The third-order valence-electron chi connectivity index (χ3n) is 4.95. The Labute approximate surface area is 185 Å². The van der Waals surface area contributed by atoms with E-state index in [-0.39, 0.29) is 11.8 Å². The molecule has 0 spiro atoms. The molecule has 7 nitrogen and oxygen atoms in total. The van der Waals surface area contributed by atoms with E-state index >= 15 is 0 Å². The van der Waals surface area contributed by atoms with E-state index in [0.717, 1.165) is 11.3 Å². The smallest absolute Gasteiger partial charge is 0.259 e. The largest absolute Gasteiger partial charge is 0.497 e. The van der Waals surface area contributed by atoms with Crippen LogP contribution in [-0.2, 0) is 0 Å². The van der Waals surface area contributed by atoms with Gasteiger partial charge in [-0.3, -0.25) is 9.59 Å². The molecule has 32 heavy (non-hydrogen) atoms. The van der Waals surface area contributed by atoms with Gasteiger partial charge < -0.3 is 15.4 Å². The molecule has 0 bridgehead atoms. The van der Waals surface area contributed by atoms with Gasteiger partial charge in [0.2, 0.25) is 0 Å². The summed E-state index contributed by atoms with van der Waals surface area (Å²) in [6.45, 7) is 0. The molecule has 1 aromatic heterocycles. The van der Waals surface area contributed by atoms with Crippen LogP contribution in [0.5, 0.6) is 5.75 Å². The molecular weight excluding hydrogens is 404 g/mol. The predicted octanol–water partition coefficient (Wildman–Crippen LogP) is 4.16.